The van der Waals surface area contributed by atoms with Gasteiger partial charge in [-0.15, -0.1) is 0 Å². The van der Waals surface area contributed by atoms with Gasteiger partial charge in [0.1, 0.15) is 5.41 Å². The van der Waals surface area contributed by atoms with Gasteiger partial charge in [0.05, 0.1) is 23.3 Å². The van der Waals surface area contributed by atoms with E-state index in [4.69, 9.17) is 5.73 Å². The maximum absolute atomic E-state index is 14.5. The highest BCUT2D eigenvalue weighted by Crippen LogP contribution is 2.49. The summed E-state index contributed by atoms with van der Waals surface area (Å²) in [6.07, 6.45) is 6.67. The molecular weight excluding hydrogens is 452 g/mol. The molecule has 3 aliphatic carbocycles. The molecule has 0 bridgehead atoms. The van der Waals surface area contributed by atoms with Crippen LogP contribution < -0.4 is 5.73 Å². The van der Waals surface area contributed by atoms with Crippen LogP contribution in [0.3, 0.4) is 0 Å². The van der Waals surface area contributed by atoms with E-state index in [0.717, 1.165) is 30.4 Å². The number of hydrogen-bond acceptors (Lipinski definition) is 4. The van der Waals surface area contributed by atoms with Gasteiger partial charge in [-0.3, -0.25) is 9.59 Å². The Morgan fingerprint density at radius 3 is 1.39 bits per heavy atom. The predicted octanol–water partition coefficient (Wildman–Crippen LogP) is 3.52. The third kappa shape index (κ3) is 4.35. The molecule has 0 aromatic heterocycles. The summed E-state index contributed by atoms with van der Waals surface area (Å²) in [5.74, 6) is -0.911. The molecule has 3 aliphatic rings. The van der Waals surface area contributed by atoms with Crippen LogP contribution >= 0.6 is 0 Å². The zero-order valence-electron chi connectivity index (χ0n) is 20.9. The number of nitrogens with two attached hydrogens (primary N) is 1. The van der Waals surface area contributed by atoms with Crippen LogP contribution in [-0.4, -0.2) is 50.2 Å². The molecule has 36 heavy (non-hydrogen) atoms. The second-order valence-electron chi connectivity index (χ2n) is 11.3. The van der Waals surface area contributed by atoms with Crippen molar-refractivity contribution >= 4 is 11.8 Å². The molecule has 0 spiro atoms. The van der Waals surface area contributed by atoms with Crippen LogP contribution in [0.25, 0.3) is 0 Å². The van der Waals surface area contributed by atoms with Gasteiger partial charge in [-0.1, -0.05) is 67.1 Å². The largest absolute Gasteiger partial charge is 0.388 e. The Labute approximate surface area is 213 Å². The molecule has 0 heterocycles. The molecule has 6 heteroatoms. The quantitative estimate of drug-likeness (QED) is 0.443. The maximum atomic E-state index is 14.5. The van der Waals surface area contributed by atoms with Crippen LogP contribution in [0.15, 0.2) is 60.7 Å². The van der Waals surface area contributed by atoms with E-state index in [2.05, 4.69) is 0 Å². The smallest absolute Gasteiger partial charge is 0.238 e. The fourth-order valence-electron chi connectivity index (χ4n) is 6.36. The molecule has 0 radical (unpaired) electrons. The van der Waals surface area contributed by atoms with E-state index >= 15 is 0 Å². The molecule has 3 fully saturated rings. The van der Waals surface area contributed by atoms with E-state index in [1.165, 1.54) is 0 Å². The van der Waals surface area contributed by atoms with Gasteiger partial charge in [-0.25, -0.2) is 0 Å². The van der Waals surface area contributed by atoms with E-state index in [9.17, 15) is 19.8 Å². The highest BCUT2D eigenvalue weighted by molar-refractivity contribution is 6.05. The molecule has 2 atom stereocenters. The minimum Gasteiger partial charge on any atom is -0.388 e. The zero-order valence-corrected chi connectivity index (χ0v) is 20.9. The number of carbonyl (C=O) groups excluding carboxylic acids is 2. The second kappa shape index (κ2) is 9.64. The fourth-order valence-corrected chi connectivity index (χ4v) is 6.36. The normalized spacial score (nSPS) is 22.7. The Balaban J connectivity index is 1.62. The molecule has 6 nitrogen and oxygen atoms in total. The summed E-state index contributed by atoms with van der Waals surface area (Å²) in [7, 11) is 0. The monoisotopic (exact) mass is 490 g/mol. The molecule has 0 saturated heterocycles. The lowest BCUT2D eigenvalue weighted by Gasteiger charge is -2.57. The molecule has 5 rings (SSSR count). The number of hydrogen-bond donors (Lipinski definition) is 3. The van der Waals surface area contributed by atoms with Crippen LogP contribution in [0.1, 0.15) is 68.9 Å². The second-order valence-corrected chi connectivity index (χ2v) is 11.3. The van der Waals surface area contributed by atoms with Gasteiger partial charge < -0.3 is 20.8 Å². The van der Waals surface area contributed by atoms with Crippen molar-refractivity contribution in [3.63, 3.8) is 0 Å². The van der Waals surface area contributed by atoms with Crippen molar-refractivity contribution in [3.8, 4) is 0 Å². The molecular formula is C30H38N2O4. The molecule has 192 valence electrons. The first-order valence-electron chi connectivity index (χ1n) is 13.4. The summed E-state index contributed by atoms with van der Waals surface area (Å²) in [6.45, 7) is 0. The molecule has 3 saturated carbocycles. The fraction of sp³-hybridized carbons (Fsp3) is 0.533. The zero-order chi connectivity index (χ0) is 25.4. The van der Waals surface area contributed by atoms with Crippen molar-refractivity contribution in [2.45, 2.75) is 93.9 Å². The van der Waals surface area contributed by atoms with Gasteiger partial charge in [-0.05, 0) is 75.3 Å². The van der Waals surface area contributed by atoms with Crippen molar-refractivity contribution in [1.82, 2.24) is 4.90 Å². The summed E-state index contributed by atoms with van der Waals surface area (Å²) in [6, 6.07) is 18.7. The minimum atomic E-state index is -1.26. The average Bonchev–Trinajstić information content (AvgIpc) is 2.80. The van der Waals surface area contributed by atoms with Crippen molar-refractivity contribution in [1.29, 1.82) is 0 Å². The SMILES string of the molecule is NC(=O)C1(C(=O)N([C@H](Cc2ccccc2)C2(O)CCC2)[C@H](Cc2ccccc2)C2(O)CCC2)CCC1. The highest BCUT2D eigenvalue weighted by atomic mass is 16.3. The summed E-state index contributed by atoms with van der Waals surface area (Å²) in [4.78, 5) is 29.0. The van der Waals surface area contributed by atoms with Crippen LogP contribution in [-0.2, 0) is 22.4 Å². The third-order valence-corrected chi connectivity index (χ3v) is 9.22. The first-order chi connectivity index (χ1) is 17.3. The average molecular weight is 491 g/mol. The van der Waals surface area contributed by atoms with Gasteiger partial charge in [0, 0.05) is 0 Å². The Bertz CT molecular complexity index is 1010. The van der Waals surface area contributed by atoms with E-state index in [-0.39, 0.29) is 5.91 Å². The van der Waals surface area contributed by atoms with Gasteiger partial charge in [0.2, 0.25) is 11.8 Å². The van der Waals surface area contributed by atoms with Gasteiger partial charge in [-0.2, -0.15) is 0 Å². The van der Waals surface area contributed by atoms with Crippen LogP contribution in [0, 0.1) is 5.41 Å². The Morgan fingerprint density at radius 2 is 1.11 bits per heavy atom. The first kappa shape index (κ1) is 25.0. The first-order valence-corrected chi connectivity index (χ1v) is 13.4. The summed E-state index contributed by atoms with van der Waals surface area (Å²) in [5, 5.41) is 23.7. The van der Waals surface area contributed by atoms with Crippen molar-refractivity contribution in [2.24, 2.45) is 11.1 Å². The molecule has 4 N–H and O–H groups in total. The van der Waals surface area contributed by atoms with Crippen LogP contribution in [0.5, 0.6) is 0 Å². The van der Waals surface area contributed by atoms with Crippen molar-refractivity contribution in [3.05, 3.63) is 71.8 Å². The van der Waals surface area contributed by atoms with E-state index < -0.39 is 34.6 Å². The summed E-state index contributed by atoms with van der Waals surface area (Å²) in [5.41, 5.74) is 4.51. The van der Waals surface area contributed by atoms with Gasteiger partial charge >= 0.3 is 0 Å². The Morgan fingerprint density at radius 1 is 0.722 bits per heavy atom. The molecule has 0 aliphatic heterocycles. The lowest BCUT2D eigenvalue weighted by atomic mass is 9.64. The van der Waals surface area contributed by atoms with E-state index in [0.29, 0.717) is 51.4 Å². The molecule has 2 aromatic carbocycles. The van der Waals surface area contributed by atoms with E-state index in [1.54, 1.807) is 4.90 Å². The van der Waals surface area contributed by atoms with Gasteiger partial charge in [0.15, 0.2) is 0 Å². The Hall–Kier alpha value is -2.70. The lowest BCUT2D eigenvalue weighted by molar-refractivity contribution is -0.189. The molecule has 2 amide bonds. The predicted molar refractivity (Wildman–Crippen MR) is 138 cm³/mol. The lowest BCUT2D eigenvalue weighted by Crippen LogP contribution is -2.71. The van der Waals surface area contributed by atoms with Crippen molar-refractivity contribution in [2.75, 3.05) is 0 Å². The van der Waals surface area contributed by atoms with E-state index in [1.807, 2.05) is 60.7 Å². The summed E-state index contributed by atoms with van der Waals surface area (Å²) >= 11 is 0. The number of aliphatic hydroxyl groups is 2. The number of amides is 2. The number of nitrogens with zero attached hydrogens (tertiary/aromatic N) is 1. The molecule has 2 aromatic rings. The Kier molecular flexibility index (Phi) is 6.69. The maximum Gasteiger partial charge on any atom is 0.238 e. The van der Waals surface area contributed by atoms with Gasteiger partial charge in [0.25, 0.3) is 0 Å². The molecule has 0 unspecified atom stereocenters. The highest BCUT2D eigenvalue weighted by Gasteiger charge is 2.59. The third-order valence-electron chi connectivity index (χ3n) is 9.22. The van der Waals surface area contributed by atoms with Crippen LogP contribution in [0.2, 0.25) is 0 Å². The number of rotatable bonds is 10. The summed E-state index contributed by atoms with van der Waals surface area (Å²) < 4.78 is 0. The number of primary amides is 1. The van der Waals surface area contributed by atoms with Crippen molar-refractivity contribution < 1.29 is 19.8 Å². The standard InChI is InChI=1S/C30H38N2O4/c31-26(33)28(14-7-15-28)27(34)32(24(29(35)16-8-17-29)20-22-10-3-1-4-11-22)25(30(36)18-9-19-30)21-23-12-5-2-6-13-23/h1-6,10-13,24-25,35-36H,7-9,14-21H2,(H2,31,33)/t24-,25-/m1/s1. The topological polar surface area (TPSA) is 104 Å². The minimum absolute atomic E-state index is 0.316. The number of benzene rings is 2. The number of carbonyl (C=O) groups is 2. The van der Waals surface area contributed by atoms with Crippen LogP contribution in [0.4, 0.5) is 0 Å².